The first-order valence-electron chi connectivity index (χ1n) is 9.12. The van der Waals surface area contributed by atoms with Crippen molar-refractivity contribution >= 4 is 28.9 Å². The Morgan fingerprint density at radius 1 is 0.714 bits per heavy atom. The number of hydrogen-bond donors (Lipinski definition) is 3. The van der Waals surface area contributed by atoms with Crippen LogP contribution in [-0.2, 0) is 0 Å². The Labute approximate surface area is 164 Å². The van der Waals surface area contributed by atoms with Gasteiger partial charge < -0.3 is 16.0 Å². The van der Waals surface area contributed by atoms with Crippen LogP contribution in [0.1, 0.15) is 35.8 Å². The number of nitrogens with one attached hydrogen (secondary N) is 3. The first kappa shape index (κ1) is 19.2. The fourth-order valence-corrected chi connectivity index (χ4v) is 2.81. The van der Waals surface area contributed by atoms with Crippen LogP contribution in [0.15, 0.2) is 78.9 Å². The van der Waals surface area contributed by atoms with Crippen molar-refractivity contribution in [2.75, 3.05) is 16.0 Å². The van der Waals surface area contributed by atoms with Crippen LogP contribution < -0.4 is 16.0 Å². The number of anilines is 3. The van der Waals surface area contributed by atoms with E-state index >= 15 is 0 Å². The summed E-state index contributed by atoms with van der Waals surface area (Å²) >= 11 is 0. The minimum Gasteiger partial charge on any atom is -0.379 e. The molecule has 142 valence electrons. The summed E-state index contributed by atoms with van der Waals surface area (Å²) in [6.45, 7) is 3.61. The van der Waals surface area contributed by atoms with Crippen LogP contribution in [0.5, 0.6) is 0 Å². The molecule has 0 radical (unpaired) electrons. The normalized spacial score (nSPS) is 11.4. The van der Waals surface area contributed by atoms with Crippen molar-refractivity contribution in [3.05, 3.63) is 90.0 Å². The van der Waals surface area contributed by atoms with Gasteiger partial charge in [0.1, 0.15) is 0 Å². The third-order valence-corrected chi connectivity index (χ3v) is 4.37. The number of carbonyl (C=O) groups is 2. The van der Waals surface area contributed by atoms with E-state index in [0.29, 0.717) is 16.9 Å². The Hall–Kier alpha value is -3.60. The Morgan fingerprint density at radius 2 is 1.21 bits per heavy atom. The van der Waals surface area contributed by atoms with Gasteiger partial charge in [-0.15, -0.1) is 0 Å². The lowest BCUT2D eigenvalue weighted by molar-refractivity contribution is 0.101. The van der Waals surface area contributed by atoms with E-state index in [1.807, 2.05) is 42.5 Å². The zero-order valence-electron chi connectivity index (χ0n) is 15.9. The second kappa shape index (κ2) is 8.86. The zero-order valence-corrected chi connectivity index (χ0v) is 15.9. The largest absolute Gasteiger partial charge is 0.379 e. The molecule has 0 saturated carbocycles. The number of rotatable bonds is 6. The van der Waals surface area contributed by atoms with Crippen LogP contribution in [0.3, 0.4) is 0 Å². The molecule has 0 aliphatic heterocycles. The molecular weight excluding hydrogens is 350 g/mol. The van der Waals surface area contributed by atoms with Gasteiger partial charge in [0, 0.05) is 28.7 Å². The molecule has 0 aliphatic rings. The van der Waals surface area contributed by atoms with E-state index < -0.39 is 0 Å². The minimum atomic E-state index is -0.339. The smallest absolute Gasteiger partial charge is 0.323 e. The van der Waals surface area contributed by atoms with Gasteiger partial charge in [-0.05, 0) is 67.9 Å². The van der Waals surface area contributed by atoms with Crippen LogP contribution in [0.4, 0.5) is 21.9 Å². The molecule has 0 heterocycles. The van der Waals surface area contributed by atoms with Gasteiger partial charge in [-0.25, -0.2) is 4.79 Å². The summed E-state index contributed by atoms with van der Waals surface area (Å²) in [5.74, 6) is -0.00807. The van der Waals surface area contributed by atoms with Crippen molar-refractivity contribution in [1.29, 1.82) is 0 Å². The molecule has 0 spiro atoms. The van der Waals surface area contributed by atoms with Crippen molar-refractivity contribution in [3.8, 4) is 0 Å². The van der Waals surface area contributed by atoms with Crippen LogP contribution in [0, 0.1) is 0 Å². The second-order valence-corrected chi connectivity index (χ2v) is 6.57. The van der Waals surface area contributed by atoms with E-state index in [0.717, 1.165) is 5.69 Å². The van der Waals surface area contributed by atoms with Gasteiger partial charge in [0.05, 0.1) is 0 Å². The maximum absolute atomic E-state index is 12.1. The molecule has 0 aliphatic carbocycles. The first-order chi connectivity index (χ1) is 13.5. The summed E-state index contributed by atoms with van der Waals surface area (Å²) in [6, 6.07) is 24.4. The molecule has 28 heavy (non-hydrogen) atoms. The maximum atomic E-state index is 12.1. The van der Waals surface area contributed by atoms with E-state index in [2.05, 4.69) is 35.0 Å². The van der Waals surface area contributed by atoms with E-state index in [1.54, 1.807) is 24.3 Å². The molecule has 0 saturated heterocycles. The summed E-state index contributed by atoms with van der Waals surface area (Å²) in [4.78, 5) is 23.4. The Balaban J connectivity index is 1.54. The van der Waals surface area contributed by atoms with Gasteiger partial charge in [-0.1, -0.05) is 30.3 Å². The predicted octanol–water partition coefficient (Wildman–Crippen LogP) is 5.71. The number of urea groups is 1. The van der Waals surface area contributed by atoms with Gasteiger partial charge in [-0.2, -0.15) is 0 Å². The third kappa shape index (κ3) is 5.20. The van der Waals surface area contributed by atoms with Gasteiger partial charge in [0.25, 0.3) is 0 Å². The van der Waals surface area contributed by atoms with Crippen LogP contribution >= 0.6 is 0 Å². The molecule has 5 nitrogen and oxygen atoms in total. The Morgan fingerprint density at radius 3 is 1.75 bits per heavy atom. The fourth-order valence-electron chi connectivity index (χ4n) is 2.81. The van der Waals surface area contributed by atoms with Gasteiger partial charge in [-0.3, -0.25) is 4.79 Å². The van der Waals surface area contributed by atoms with E-state index in [9.17, 15) is 9.59 Å². The molecule has 0 unspecified atom stereocenters. The molecule has 1 atom stereocenters. The molecule has 5 heteroatoms. The number of ketones is 1. The summed E-state index contributed by atoms with van der Waals surface area (Å²) in [5, 5.41) is 8.98. The molecule has 0 bridgehead atoms. The van der Waals surface area contributed by atoms with Crippen LogP contribution in [0.2, 0.25) is 0 Å². The van der Waals surface area contributed by atoms with E-state index in [4.69, 9.17) is 0 Å². The summed E-state index contributed by atoms with van der Waals surface area (Å²) in [5.41, 5.74) is 4.11. The highest BCUT2D eigenvalue weighted by Gasteiger charge is 2.06. The Bertz CT molecular complexity index is 936. The molecule has 2 amide bonds. The quantitative estimate of drug-likeness (QED) is 0.485. The van der Waals surface area contributed by atoms with E-state index in [-0.39, 0.29) is 17.9 Å². The minimum absolute atomic E-state index is 0.00807. The van der Waals surface area contributed by atoms with E-state index in [1.165, 1.54) is 12.5 Å². The summed E-state index contributed by atoms with van der Waals surface area (Å²) < 4.78 is 0. The number of amides is 2. The highest BCUT2D eigenvalue weighted by molar-refractivity contribution is 6.00. The topological polar surface area (TPSA) is 70.2 Å². The van der Waals surface area contributed by atoms with Crippen molar-refractivity contribution in [3.63, 3.8) is 0 Å². The van der Waals surface area contributed by atoms with Crippen molar-refractivity contribution in [2.24, 2.45) is 0 Å². The van der Waals surface area contributed by atoms with Crippen molar-refractivity contribution in [1.82, 2.24) is 0 Å². The lowest BCUT2D eigenvalue weighted by atomic mass is 10.1. The number of carbonyl (C=O) groups excluding carboxylic acids is 2. The lowest BCUT2D eigenvalue weighted by Crippen LogP contribution is -2.19. The highest BCUT2D eigenvalue weighted by atomic mass is 16.2. The SMILES string of the molecule is CC(=O)c1ccc(NC(=O)Nc2ccc(N[C@@H](C)c3ccccc3)cc2)cc1. The lowest BCUT2D eigenvalue weighted by Gasteiger charge is -2.16. The van der Waals surface area contributed by atoms with Gasteiger partial charge >= 0.3 is 6.03 Å². The molecule has 0 aromatic heterocycles. The predicted molar refractivity (Wildman–Crippen MR) is 114 cm³/mol. The average Bonchev–Trinajstić information content (AvgIpc) is 2.70. The van der Waals surface area contributed by atoms with Gasteiger partial charge in [0.15, 0.2) is 5.78 Å². The number of Topliss-reactive ketones (excluding diaryl/α,β-unsaturated/α-hetero) is 1. The standard InChI is InChI=1S/C23H23N3O2/c1-16(18-6-4-3-5-7-18)24-20-12-14-22(15-13-20)26-23(28)25-21-10-8-19(9-11-21)17(2)27/h3-16,24H,1-2H3,(H2,25,26,28)/t16-/m0/s1. The monoisotopic (exact) mass is 373 g/mol. The second-order valence-electron chi connectivity index (χ2n) is 6.57. The molecule has 3 aromatic rings. The Kier molecular flexibility index (Phi) is 6.07. The summed E-state index contributed by atoms with van der Waals surface area (Å²) in [7, 11) is 0. The highest BCUT2D eigenvalue weighted by Crippen LogP contribution is 2.21. The van der Waals surface area contributed by atoms with Gasteiger partial charge in [0.2, 0.25) is 0 Å². The summed E-state index contributed by atoms with van der Waals surface area (Å²) in [6.07, 6.45) is 0. The molecule has 0 fully saturated rings. The van der Waals surface area contributed by atoms with Crippen LogP contribution in [0.25, 0.3) is 0 Å². The van der Waals surface area contributed by atoms with Crippen LogP contribution in [-0.4, -0.2) is 11.8 Å². The molecule has 3 N–H and O–H groups in total. The first-order valence-corrected chi connectivity index (χ1v) is 9.12. The van der Waals surface area contributed by atoms with Crippen molar-refractivity contribution in [2.45, 2.75) is 19.9 Å². The third-order valence-electron chi connectivity index (χ3n) is 4.37. The maximum Gasteiger partial charge on any atom is 0.323 e. The fraction of sp³-hybridized carbons (Fsp3) is 0.130. The molecule has 3 aromatic carbocycles. The number of hydrogen-bond acceptors (Lipinski definition) is 3. The molecular formula is C23H23N3O2. The zero-order chi connectivity index (χ0) is 19.9. The molecule has 3 rings (SSSR count). The van der Waals surface area contributed by atoms with Crippen molar-refractivity contribution < 1.29 is 9.59 Å². The average molecular weight is 373 g/mol. The number of benzene rings is 3.